The molecule has 0 saturated heterocycles. The lowest BCUT2D eigenvalue weighted by Gasteiger charge is -2.15. The Balaban J connectivity index is 4.36. The molecule has 0 bridgehead atoms. The standard InChI is InChI=1S/C36H68N2O5/c1-3-5-7-9-11-13-14-16-18-24-30-35(40)43-32(26-21-17-15-12-10-8-6-4-2)27-22-19-20-23-29-34(39)38-33(36(41)42)28-25-31-37/h21,26,32-33H,3-20,22-25,27-31,37H2,1-2H3,(H,38,39)(H,41,42)/b26-21-. The molecule has 1 amide bonds. The molecule has 0 heterocycles. The Morgan fingerprint density at radius 1 is 0.674 bits per heavy atom. The first-order valence-corrected chi connectivity index (χ1v) is 18.0. The zero-order valence-electron chi connectivity index (χ0n) is 28.1. The number of hydrogen-bond donors (Lipinski definition) is 3. The molecule has 7 nitrogen and oxygen atoms in total. The van der Waals surface area contributed by atoms with Crippen LogP contribution in [0.15, 0.2) is 12.2 Å². The fourth-order valence-corrected chi connectivity index (χ4v) is 5.30. The van der Waals surface area contributed by atoms with Crippen molar-refractivity contribution in [3.05, 3.63) is 12.2 Å². The van der Waals surface area contributed by atoms with Gasteiger partial charge in [0.05, 0.1) is 0 Å². The Hall–Kier alpha value is -1.89. The number of ether oxygens (including phenoxy) is 1. The molecule has 0 saturated carbocycles. The van der Waals surface area contributed by atoms with Gasteiger partial charge in [0.2, 0.25) is 5.91 Å². The Kier molecular flexibility index (Phi) is 30.1. The van der Waals surface area contributed by atoms with E-state index in [4.69, 9.17) is 10.5 Å². The van der Waals surface area contributed by atoms with Crippen molar-refractivity contribution >= 4 is 17.8 Å². The van der Waals surface area contributed by atoms with Crippen LogP contribution in [0.3, 0.4) is 0 Å². The monoisotopic (exact) mass is 609 g/mol. The van der Waals surface area contributed by atoms with Crippen molar-refractivity contribution in [3.8, 4) is 0 Å². The van der Waals surface area contributed by atoms with Gasteiger partial charge in [0.15, 0.2) is 0 Å². The summed E-state index contributed by atoms with van der Waals surface area (Å²) in [5.74, 6) is -1.32. The first kappa shape index (κ1) is 41.1. The second-order valence-corrected chi connectivity index (χ2v) is 12.3. The van der Waals surface area contributed by atoms with E-state index in [0.29, 0.717) is 38.6 Å². The molecule has 0 aromatic carbocycles. The molecule has 2 atom stereocenters. The van der Waals surface area contributed by atoms with Crippen LogP contribution in [-0.4, -0.2) is 41.6 Å². The minimum absolute atomic E-state index is 0.0897. The number of nitrogens with one attached hydrogen (secondary N) is 1. The average molecular weight is 609 g/mol. The van der Waals surface area contributed by atoms with Crippen LogP contribution in [0.4, 0.5) is 0 Å². The van der Waals surface area contributed by atoms with Crippen molar-refractivity contribution in [2.75, 3.05) is 6.54 Å². The van der Waals surface area contributed by atoms with Gasteiger partial charge < -0.3 is 20.9 Å². The Bertz CT molecular complexity index is 697. The van der Waals surface area contributed by atoms with Crippen LogP contribution in [0.25, 0.3) is 0 Å². The number of carboxylic acid groups (broad SMARTS) is 1. The maximum Gasteiger partial charge on any atom is 0.326 e. The molecule has 0 radical (unpaired) electrons. The highest BCUT2D eigenvalue weighted by Crippen LogP contribution is 2.15. The van der Waals surface area contributed by atoms with E-state index in [-0.39, 0.29) is 18.0 Å². The SMILES string of the molecule is CCCCCCCC/C=C\C(CCCCCCC(=O)NC(CCCN)C(=O)O)OC(=O)CCCCCCCCCCCC. The number of rotatable bonds is 32. The van der Waals surface area contributed by atoms with Crippen molar-refractivity contribution in [2.45, 2.75) is 193 Å². The number of allylic oxidation sites excluding steroid dienone is 1. The third-order valence-corrected chi connectivity index (χ3v) is 8.07. The third-order valence-electron chi connectivity index (χ3n) is 8.07. The molecule has 0 aromatic rings. The van der Waals surface area contributed by atoms with Gasteiger partial charge >= 0.3 is 11.9 Å². The highest BCUT2D eigenvalue weighted by atomic mass is 16.5. The molecule has 0 aromatic heterocycles. The maximum atomic E-state index is 12.6. The van der Waals surface area contributed by atoms with Crippen LogP contribution in [0.1, 0.15) is 181 Å². The van der Waals surface area contributed by atoms with Crippen molar-refractivity contribution in [2.24, 2.45) is 5.73 Å². The number of esters is 1. The lowest BCUT2D eigenvalue weighted by molar-refractivity contribution is -0.147. The van der Waals surface area contributed by atoms with E-state index in [2.05, 4.69) is 31.3 Å². The molecule has 0 aliphatic heterocycles. The fourth-order valence-electron chi connectivity index (χ4n) is 5.30. The number of amides is 1. The van der Waals surface area contributed by atoms with Crippen LogP contribution in [0.5, 0.6) is 0 Å². The van der Waals surface area contributed by atoms with Gasteiger partial charge in [-0.05, 0) is 64.0 Å². The van der Waals surface area contributed by atoms with E-state index in [0.717, 1.165) is 44.9 Å². The highest BCUT2D eigenvalue weighted by molar-refractivity contribution is 5.83. The topological polar surface area (TPSA) is 119 Å². The Morgan fingerprint density at radius 2 is 1.19 bits per heavy atom. The van der Waals surface area contributed by atoms with Gasteiger partial charge in [-0.3, -0.25) is 9.59 Å². The van der Waals surface area contributed by atoms with Gasteiger partial charge in [-0.2, -0.15) is 0 Å². The number of carbonyl (C=O) groups is 3. The molecule has 252 valence electrons. The van der Waals surface area contributed by atoms with E-state index in [1.54, 1.807) is 0 Å². The minimum atomic E-state index is -1.01. The third kappa shape index (κ3) is 28.6. The summed E-state index contributed by atoms with van der Waals surface area (Å²) in [5, 5.41) is 11.9. The van der Waals surface area contributed by atoms with Gasteiger partial charge in [0.25, 0.3) is 0 Å². The van der Waals surface area contributed by atoms with Crippen molar-refractivity contribution < 1.29 is 24.2 Å². The molecular weight excluding hydrogens is 540 g/mol. The quantitative estimate of drug-likeness (QED) is 0.0398. The van der Waals surface area contributed by atoms with Gasteiger partial charge in [0.1, 0.15) is 12.1 Å². The van der Waals surface area contributed by atoms with Crippen LogP contribution < -0.4 is 11.1 Å². The molecule has 0 spiro atoms. The molecule has 4 N–H and O–H groups in total. The molecule has 7 heteroatoms. The molecule has 43 heavy (non-hydrogen) atoms. The van der Waals surface area contributed by atoms with Crippen molar-refractivity contribution in [1.82, 2.24) is 5.32 Å². The Morgan fingerprint density at radius 3 is 1.74 bits per heavy atom. The molecule has 0 fully saturated rings. The zero-order chi connectivity index (χ0) is 31.8. The molecule has 0 rings (SSSR count). The van der Waals surface area contributed by atoms with E-state index in [1.165, 1.54) is 89.9 Å². The van der Waals surface area contributed by atoms with Crippen molar-refractivity contribution in [3.63, 3.8) is 0 Å². The van der Waals surface area contributed by atoms with E-state index < -0.39 is 12.0 Å². The fraction of sp³-hybridized carbons (Fsp3) is 0.861. The van der Waals surface area contributed by atoms with Crippen LogP contribution in [-0.2, 0) is 19.1 Å². The number of carbonyl (C=O) groups excluding carboxylic acids is 2. The largest absolute Gasteiger partial charge is 0.480 e. The Labute approximate surface area is 264 Å². The summed E-state index contributed by atoms with van der Waals surface area (Å²) < 4.78 is 5.88. The summed E-state index contributed by atoms with van der Waals surface area (Å²) in [6.07, 6.45) is 31.2. The van der Waals surface area contributed by atoms with E-state index >= 15 is 0 Å². The summed E-state index contributed by atoms with van der Waals surface area (Å²) >= 11 is 0. The summed E-state index contributed by atoms with van der Waals surface area (Å²) in [6.45, 7) is 4.89. The van der Waals surface area contributed by atoms with Crippen LogP contribution in [0.2, 0.25) is 0 Å². The second-order valence-electron chi connectivity index (χ2n) is 12.3. The number of nitrogens with two attached hydrogens (primary N) is 1. The molecule has 0 aliphatic rings. The average Bonchev–Trinajstić information content (AvgIpc) is 2.98. The zero-order valence-corrected chi connectivity index (χ0v) is 28.1. The van der Waals surface area contributed by atoms with Gasteiger partial charge in [-0.25, -0.2) is 4.79 Å². The van der Waals surface area contributed by atoms with E-state index in [1.807, 2.05) is 0 Å². The number of hydrogen-bond acceptors (Lipinski definition) is 5. The summed E-state index contributed by atoms with van der Waals surface area (Å²) in [4.78, 5) is 36.1. The van der Waals surface area contributed by atoms with Crippen molar-refractivity contribution in [1.29, 1.82) is 0 Å². The molecule has 0 aliphatic carbocycles. The van der Waals surface area contributed by atoms with Gasteiger partial charge in [0, 0.05) is 12.8 Å². The smallest absolute Gasteiger partial charge is 0.326 e. The number of unbranched alkanes of at least 4 members (excludes halogenated alkanes) is 18. The summed E-state index contributed by atoms with van der Waals surface area (Å²) in [7, 11) is 0. The van der Waals surface area contributed by atoms with Gasteiger partial charge in [-0.1, -0.05) is 123 Å². The minimum Gasteiger partial charge on any atom is -0.480 e. The van der Waals surface area contributed by atoms with Crippen LogP contribution >= 0.6 is 0 Å². The lowest BCUT2D eigenvalue weighted by atomic mass is 10.1. The highest BCUT2D eigenvalue weighted by Gasteiger charge is 2.19. The first-order chi connectivity index (χ1) is 20.9. The predicted molar refractivity (Wildman–Crippen MR) is 179 cm³/mol. The predicted octanol–water partition coefficient (Wildman–Crippen LogP) is 9.16. The number of aliphatic carboxylic acids is 1. The molecule has 2 unspecified atom stereocenters. The molecular formula is C36H68N2O5. The first-order valence-electron chi connectivity index (χ1n) is 18.0. The second kappa shape index (κ2) is 31.5. The normalized spacial score (nSPS) is 12.8. The van der Waals surface area contributed by atoms with E-state index in [9.17, 15) is 19.5 Å². The number of carboxylic acids is 1. The maximum absolute atomic E-state index is 12.6. The summed E-state index contributed by atoms with van der Waals surface area (Å²) in [5.41, 5.74) is 5.46. The summed E-state index contributed by atoms with van der Waals surface area (Å²) in [6, 6.07) is -0.866. The van der Waals surface area contributed by atoms with Gasteiger partial charge in [-0.15, -0.1) is 0 Å². The lowest BCUT2D eigenvalue weighted by Crippen LogP contribution is -2.40. The van der Waals surface area contributed by atoms with Crippen LogP contribution in [0, 0.1) is 0 Å².